The van der Waals surface area contributed by atoms with Crippen LogP contribution in [0.2, 0.25) is 0 Å². The van der Waals surface area contributed by atoms with Gasteiger partial charge in [-0.15, -0.1) is 6.58 Å². The van der Waals surface area contributed by atoms with E-state index in [1.54, 1.807) is 23.1 Å². The number of para-hydroxylation sites is 1. The van der Waals surface area contributed by atoms with Crippen LogP contribution < -0.4 is 4.74 Å². The number of ether oxygens (including phenoxy) is 1. The molecule has 1 saturated heterocycles. The lowest BCUT2D eigenvalue weighted by Crippen LogP contribution is -2.48. The van der Waals surface area contributed by atoms with Crippen molar-refractivity contribution >= 4 is 5.91 Å². The van der Waals surface area contributed by atoms with Crippen molar-refractivity contribution in [1.82, 2.24) is 9.80 Å². The normalized spacial score (nSPS) is 14.3. The van der Waals surface area contributed by atoms with Crippen LogP contribution in [0.4, 0.5) is 8.78 Å². The van der Waals surface area contributed by atoms with Crippen LogP contribution in [-0.2, 0) is 19.6 Å². The topological polar surface area (TPSA) is 45.9 Å². The first-order chi connectivity index (χ1) is 16.0. The number of hydrogen-bond acceptors (Lipinski definition) is 4. The van der Waals surface area contributed by atoms with Crippen molar-refractivity contribution in [2.75, 3.05) is 26.2 Å². The third-order valence-electron chi connectivity index (χ3n) is 5.66. The van der Waals surface area contributed by atoms with Crippen molar-refractivity contribution in [3.8, 4) is 5.75 Å². The van der Waals surface area contributed by atoms with E-state index in [9.17, 15) is 13.6 Å². The molecule has 5 nitrogen and oxygen atoms in total. The summed E-state index contributed by atoms with van der Waals surface area (Å²) >= 11 is 0. The Labute approximate surface area is 191 Å². The maximum absolute atomic E-state index is 13.9. The SMILES string of the molecule is C=CCc1ccccc1OCc1ccc(C(=O)N2CCN(Cc3cccc(F)c3F)CC2)o1. The first kappa shape index (κ1) is 22.7. The van der Waals surface area contributed by atoms with E-state index >= 15 is 0 Å². The Kier molecular flexibility index (Phi) is 7.19. The quantitative estimate of drug-likeness (QED) is 0.460. The minimum atomic E-state index is -0.844. The summed E-state index contributed by atoms with van der Waals surface area (Å²) in [7, 11) is 0. The number of halogens is 2. The molecular weight excluding hydrogens is 426 g/mol. The van der Waals surface area contributed by atoms with Crippen LogP contribution >= 0.6 is 0 Å². The summed E-state index contributed by atoms with van der Waals surface area (Å²) < 4.78 is 39.0. The Bertz CT molecular complexity index is 1120. The molecular formula is C26H26F2N2O3. The second-order valence-corrected chi connectivity index (χ2v) is 7.94. The zero-order chi connectivity index (χ0) is 23.2. The number of amides is 1. The van der Waals surface area contributed by atoms with Gasteiger partial charge < -0.3 is 14.1 Å². The highest BCUT2D eigenvalue weighted by Crippen LogP contribution is 2.21. The smallest absolute Gasteiger partial charge is 0.289 e. The Balaban J connectivity index is 1.30. The largest absolute Gasteiger partial charge is 0.485 e. The Morgan fingerprint density at radius 1 is 1.00 bits per heavy atom. The summed E-state index contributed by atoms with van der Waals surface area (Å²) in [5.74, 6) is -0.265. The summed E-state index contributed by atoms with van der Waals surface area (Å²) in [6, 6.07) is 15.3. The maximum atomic E-state index is 13.9. The van der Waals surface area contributed by atoms with Gasteiger partial charge in [0.1, 0.15) is 18.1 Å². The van der Waals surface area contributed by atoms with E-state index in [0.717, 1.165) is 17.4 Å². The van der Waals surface area contributed by atoms with Crippen LogP contribution in [-0.4, -0.2) is 41.9 Å². The number of nitrogens with zero attached hydrogens (tertiary/aromatic N) is 2. The third kappa shape index (κ3) is 5.49. The average molecular weight is 453 g/mol. The highest BCUT2D eigenvalue weighted by molar-refractivity contribution is 5.91. The van der Waals surface area contributed by atoms with Crippen LogP contribution in [0.5, 0.6) is 5.75 Å². The Hall–Kier alpha value is -3.45. The number of hydrogen-bond donors (Lipinski definition) is 0. The summed E-state index contributed by atoms with van der Waals surface area (Å²) in [5, 5.41) is 0. The fourth-order valence-corrected chi connectivity index (χ4v) is 3.86. The maximum Gasteiger partial charge on any atom is 0.289 e. The van der Waals surface area contributed by atoms with Gasteiger partial charge in [0.25, 0.3) is 5.91 Å². The van der Waals surface area contributed by atoms with E-state index < -0.39 is 11.6 Å². The van der Waals surface area contributed by atoms with Gasteiger partial charge in [0.05, 0.1) is 0 Å². The molecule has 2 aromatic carbocycles. The molecule has 33 heavy (non-hydrogen) atoms. The first-order valence-electron chi connectivity index (χ1n) is 10.9. The van der Waals surface area contributed by atoms with Crippen molar-refractivity contribution < 1.29 is 22.7 Å². The number of carbonyl (C=O) groups excluding carboxylic acids is 1. The molecule has 0 bridgehead atoms. The molecule has 0 atom stereocenters. The first-order valence-corrected chi connectivity index (χ1v) is 10.9. The molecule has 1 aromatic heterocycles. The number of benzene rings is 2. The van der Waals surface area contributed by atoms with Crippen LogP contribution in [0.3, 0.4) is 0 Å². The molecule has 2 heterocycles. The second kappa shape index (κ2) is 10.4. The molecule has 7 heteroatoms. The Morgan fingerprint density at radius 3 is 2.55 bits per heavy atom. The van der Waals surface area contributed by atoms with Crippen LogP contribution in [0.1, 0.15) is 27.4 Å². The third-order valence-corrected chi connectivity index (χ3v) is 5.66. The number of furan rings is 1. The monoisotopic (exact) mass is 452 g/mol. The zero-order valence-corrected chi connectivity index (χ0v) is 18.3. The molecule has 0 spiro atoms. The fourth-order valence-electron chi connectivity index (χ4n) is 3.86. The molecule has 1 amide bonds. The number of carbonyl (C=O) groups is 1. The molecule has 0 saturated carbocycles. The van der Waals surface area contributed by atoms with Crippen LogP contribution in [0.15, 0.2) is 71.7 Å². The molecule has 3 aromatic rings. The summed E-state index contributed by atoms with van der Waals surface area (Å²) in [6.07, 6.45) is 2.52. The van der Waals surface area contributed by atoms with Gasteiger partial charge in [-0.25, -0.2) is 8.78 Å². The molecule has 4 rings (SSSR count). The van der Waals surface area contributed by atoms with Gasteiger partial charge in [-0.1, -0.05) is 36.4 Å². The minimum absolute atomic E-state index is 0.190. The lowest BCUT2D eigenvalue weighted by atomic mass is 10.1. The van der Waals surface area contributed by atoms with Gasteiger partial charge in [-0.05, 0) is 36.2 Å². The van der Waals surface area contributed by atoms with Gasteiger partial charge in [-0.3, -0.25) is 9.69 Å². The summed E-state index contributed by atoms with van der Waals surface area (Å²) in [6.45, 7) is 6.39. The van der Waals surface area contributed by atoms with Crippen LogP contribution in [0.25, 0.3) is 0 Å². The van der Waals surface area contributed by atoms with E-state index in [0.29, 0.717) is 50.5 Å². The predicted octanol–water partition coefficient (Wildman–Crippen LogP) is 4.82. The number of piperazine rings is 1. The Morgan fingerprint density at radius 2 is 1.76 bits per heavy atom. The second-order valence-electron chi connectivity index (χ2n) is 7.94. The molecule has 1 aliphatic rings. The molecule has 0 radical (unpaired) electrons. The van der Waals surface area contributed by atoms with Crippen molar-refractivity contribution in [1.29, 1.82) is 0 Å². The lowest BCUT2D eigenvalue weighted by Gasteiger charge is -2.34. The van der Waals surface area contributed by atoms with Gasteiger partial charge in [-0.2, -0.15) is 0 Å². The summed E-state index contributed by atoms with van der Waals surface area (Å²) in [5.41, 5.74) is 1.35. The van der Waals surface area contributed by atoms with Gasteiger partial charge in [0.15, 0.2) is 17.4 Å². The lowest BCUT2D eigenvalue weighted by molar-refractivity contribution is 0.0592. The average Bonchev–Trinajstić information content (AvgIpc) is 3.31. The van der Waals surface area contributed by atoms with E-state index in [2.05, 4.69) is 6.58 Å². The molecule has 0 N–H and O–H groups in total. The van der Waals surface area contributed by atoms with Gasteiger partial charge >= 0.3 is 0 Å². The summed E-state index contributed by atoms with van der Waals surface area (Å²) in [4.78, 5) is 16.6. The molecule has 0 aliphatic carbocycles. The van der Waals surface area contributed by atoms with E-state index in [1.807, 2.05) is 35.2 Å². The standard InChI is InChI=1S/C26H26F2N2O3/c1-2-6-19-7-3-4-10-23(19)32-18-21-11-12-24(33-21)26(31)30-15-13-29(14-16-30)17-20-8-5-9-22(27)25(20)28/h2-5,7-12H,1,6,13-18H2. The highest BCUT2D eigenvalue weighted by atomic mass is 19.2. The van der Waals surface area contributed by atoms with E-state index in [4.69, 9.17) is 9.15 Å². The van der Waals surface area contributed by atoms with Gasteiger partial charge in [0.2, 0.25) is 0 Å². The molecule has 172 valence electrons. The molecule has 1 fully saturated rings. The van der Waals surface area contributed by atoms with Crippen LogP contribution in [0, 0.1) is 11.6 Å². The minimum Gasteiger partial charge on any atom is -0.485 e. The predicted molar refractivity (Wildman–Crippen MR) is 121 cm³/mol. The van der Waals surface area contributed by atoms with E-state index in [-0.39, 0.29) is 18.3 Å². The number of rotatable bonds is 8. The van der Waals surface area contributed by atoms with Gasteiger partial charge in [0, 0.05) is 38.3 Å². The van der Waals surface area contributed by atoms with Crippen molar-refractivity contribution in [2.45, 2.75) is 19.6 Å². The molecule has 1 aliphatic heterocycles. The molecule has 0 unspecified atom stereocenters. The van der Waals surface area contributed by atoms with E-state index in [1.165, 1.54) is 6.07 Å². The van der Waals surface area contributed by atoms with Crippen molar-refractivity contribution in [3.63, 3.8) is 0 Å². The fraction of sp³-hybridized carbons (Fsp3) is 0.269. The zero-order valence-electron chi connectivity index (χ0n) is 18.3. The van der Waals surface area contributed by atoms with Crippen molar-refractivity contribution in [2.24, 2.45) is 0 Å². The van der Waals surface area contributed by atoms with Crippen molar-refractivity contribution in [3.05, 3.63) is 102 Å². The number of allylic oxidation sites excluding steroid dienone is 1. The highest BCUT2D eigenvalue weighted by Gasteiger charge is 2.25.